The number of anilines is 5. The molecule has 0 radical (unpaired) electrons. The van der Waals surface area contributed by atoms with Crippen LogP contribution in [0.2, 0.25) is 0 Å². The molecule has 4 saturated heterocycles. The second kappa shape index (κ2) is 51.5. The third kappa shape index (κ3) is 36.9. The van der Waals surface area contributed by atoms with Crippen LogP contribution in [0.15, 0.2) is 122 Å². The normalized spacial score (nSPS) is 14.1. The van der Waals surface area contributed by atoms with Gasteiger partial charge in [-0.3, -0.25) is 44.2 Å². The summed E-state index contributed by atoms with van der Waals surface area (Å²) in [5, 5.41) is 30.6. The van der Waals surface area contributed by atoms with E-state index in [-0.39, 0.29) is 40.4 Å². The molecule has 1 amide bonds. The predicted molar refractivity (Wildman–Crippen MR) is 381 cm³/mol. The number of morpholine rings is 3. The summed E-state index contributed by atoms with van der Waals surface area (Å²) >= 11 is 14.7. The lowest BCUT2D eigenvalue weighted by molar-refractivity contribution is -0.385. The van der Waals surface area contributed by atoms with E-state index in [0.29, 0.717) is 114 Å². The van der Waals surface area contributed by atoms with Gasteiger partial charge in [-0.25, -0.2) is 0 Å². The molecule has 588 valence electrons. The quantitative estimate of drug-likeness (QED) is 0.0272. The molecule has 21 nitrogen and oxygen atoms in total. The second-order valence-corrected chi connectivity index (χ2v) is 22.3. The van der Waals surface area contributed by atoms with E-state index in [9.17, 15) is 86.9 Å². The Kier molecular flexibility index (Phi) is 46.8. The number of nitrogens with two attached hydrogens (primary N) is 1. The Balaban J connectivity index is 0.00000124. The number of ether oxygens (including phenoxy) is 4. The van der Waals surface area contributed by atoms with Crippen molar-refractivity contribution in [3.63, 3.8) is 0 Å². The molecule has 10 rings (SSSR count). The molecule has 0 bridgehead atoms. The van der Waals surface area contributed by atoms with Crippen molar-refractivity contribution in [1.29, 1.82) is 0 Å². The van der Waals surface area contributed by atoms with E-state index in [1.807, 2.05) is 9.80 Å². The minimum absolute atomic E-state index is 0. The van der Waals surface area contributed by atoms with Crippen LogP contribution in [-0.2, 0) is 43.7 Å². The Hall–Kier alpha value is -7.67. The number of aliphatic hydroxyl groups is 1. The van der Waals surface area contributed by atoms with Crippen LogP contribution in [0.25, 0.3) is 0 Å². The van der Waals surface area contributed by atoms with Crippen LogP contribution in [0.1, 0.15) is 89.9 Å². The summed E-state index contributed by atoms with van der Waals surface area (Å²) < 4.78 is 187. The summed E-state index contributed by atoms with van der Waals surface area (Å²) in [6, 6.07) is 18.0. The molecule has 6 aromatic rings. The number of aromatic nitrogens is 2. The Bertz CT molecular complexity index is 3440. The van der Waals surface area contributed by atoms with E-state index in [4.69, 9.17) is 66.0 Å². The number of hydrogen-bond acceptors (Lipinski definition) is 18. The molecule has 105 heavy (non-hydrogen) atoms. The minimum atomic E-state index is -4.59. The Morgan fingerprint density at radius 3 is 1.20 bits per heavy atom. The standard InChI is InChI=1S/C17H16F3N3O2.C11H11F3N2O3.C11H13F3N2O.C8H6F3NO2.C6H4ClNO.C6H15N.C5H10O.CH2Cl2.CH3F.CH4O.ClH/c18-17(19,20)13-1-2-15(23-7-9-25-10-8-23)14(11-13)22-16(24)12-3-5-21-6-4-12;12-11(13,14)8-1-2-9(10(7-8)16(17)18)15-3-5-19-6-4-15;12-11(13,14)8-1-2-10(9(15)7-8)16-3-5-17-6-4-16;1-5-2-3-6(8(9,10)11)4-7(5)12(13)14;7-6(9)5-1-3-8-4-2-5;1-4-7(5-2)6-3;1-2-4-6-5-3-1;2-1-3;2*1-2;/h1-6,11H,7-10H2,(H,22,24);1-2,7H,3-6H2;1-2,7H,3-6,15H2;2-4H,1H3;1-4H;4-6H2,1-3H3;1-5H2;1H2;1H3;2H,1H3;1H/i;;;;;;;;1D;;. The number of carbonyl (C=O) groups is 2. The number of nitro benzene ring substituents is 2. The van der Waals surface area contributed by atoms with Gasteiger partial charge in [0, 0.05) is 113 Å². The van der Waals surface area contributed by atoms with E-state index >= 15 is 0 Å². The van der Waals surface area contributed by atoms with Gasteiger partial charge in [0.1, 0.15) is 5.69 Å². The molecule has 4 fully saturated rings. The van der Waals surface area contributed by atoms with Crippen LogP contribution in [-0.4, -0.2) is 172 Å². The summed E-state index contributed by atoms with van der Waals surface area (Å²) in [6.45, 7) is 19.7. The first-order valence-corrected chi connectivity index (χ1v) is 32.9. The highest BCUT2D eigenvalue weighted by Gasteiger charge is 2.36. The van der Waals surface area contributed by atoms with Crippen molar-refractivity contribution in [2.75, 3.05) is 157 Å². The molecule has 2 aromatic heterocycles. The summed E-state index contributed by atoms with van der Waals surface area (Å²) in [4.78, 5) is 57.8. The van der Waals surface area contributed by atoms with Crippen LogP contribution in [0.5, 0.6) is 0 Å². The van der Waals surface area contributed by atoms with Gasteiger partial charge in [-0.05, 0) is 136 Å². The van der Waals surface area contributed by atoms with Crippen molar-refractivity contribution >= 4 is 98.2 Å². The number of carbonyl (C=O) groups excluding carboxylic acids is 2. The zero-order valence-corrected chi connectivity index (χ0v) is 60.8. The van der Waals surface area contributed by atoms with Crippen molar-refractivity contribution in [3.05, 3.63) is 181 Å². The van der Waals surface area contributed by atoms with Gasteiger partial charge in [-0.1, -0.05) is 26.8 Å². The molecule has 0 unspecified atom stereocenters. The summed E-state index contributed by atoms with van der Waals surface area (Å²) in [5.74, 6) is -0.490. The molecule has 0 saturated carbocycles. The smallest absolute Gasteiger partial charge is 0.400 e. The van der Waals surface area contributed by atoms with Crippen LogP contribution in [0.4, 0.5) is 96.9 Å². The number of hydrogen-bond donors (Lipinski definition) is 3. The molecular formula is C67H85Cl4F13N10O11. The Morgan fingerprint density at radius 2 is 0.876 bits per heavy atom. The number of rotatable bonds is 11. The Morgan fingerprint density at radius 1 is 0.552 bits per heavy atom. The molecule has 6 heterocycles. The molecule has 0 spiro atoms. The highest BCUT2D eigenvalue weighted by atomic mass is 35.5. The largest absolute Gasteiger partial charge is 0.416 e. The van der Waals surface area contributed by atoms with Gasteiger partial charge in [-0.15, -0.1) is 35.6 Å². The maximum atomic E-state index is 13.0. The molecule has 4 aromatic carbocycles. The van der Waals surface area contributed by atoms with Crippen molar-refractivity contribution in [2.24, 2.45) is 0 Å². The first kappa shape index (κ1) is 95.3. The van der Waals surface area contributed by atoms with Gasteiger partial charge in [0.25, 0.3) is 22.5 Å². The number of aryl methyl sites for hydroxylation is 1. The van der Waals surface area contributed by atoms with Gasteiger partial charge in [0.2, 0.25) is 0 Å². The summed E-state index contributed by atoms with van der Waals surface area (Å²) in [6.07, 6.45) is -8.09. The minimum Gasteiger partial charge on any atom is -0.400 e. The molecule has 0 atom stereocenters. The number of nitrogen functional groups attached to an aromatic ring is 1. The van der Waals surface area contributed by atoms with Crippen molar-refractivity contribution < 1.29 is 102 Å². The molecule has 4 aliphatic heterocycles. The first-order valence-electron chi connectivity index (χ1n) is 32.2. The van der Waals surface area contributed by atoms with Crippen molar-refractivity contribution in [1.82, 2.24) is 14.9 Å². The fraction of sp³-hybridized carbons (Fsp3) is 0.463. The lowest BCUT2D eigenvalue weighted by Gasteiger charge is -2.31. The number of nitrogens with zero attached hydrogens (tertiary/aromatic N) is 8. The monoisotopic (exact) mass is 1590 g/mol. The van der Waals surface area contributed by atoms with Crippen molar-refractivity contribution in [3.8, 4) is 0 Å². The zero-order valence-electron chi connectivity index (χ0n) is 58.7. The molecule has 0 aliphatic carbocycles. The Labute approximate surface area is 622 Å². The lowest BCUT2D eigenvalue weighted by Crippen LogP contribution is -2.36. The maximum absolute atomic E-state index is 13.0. The average molecular weight is 1600 g/mol. The number of aliphatic hydroxyl groups excluding tert-OH is 1. The van der Waals surface area contributed by atoms with E-state index in [0.717, 1.165) is 68.9 Å². The van der Waals surface area contributed by atoms with Gasteiger partial charge >= 0.3 is 24.7 Å². The van der Waals surface area contributed by atoms with Gasteiger partial charge in [0.15, 0.2) is 0 Å². The topological polar surface area (TPSA) is 254 Å². The molecular weight excluding hydrogens is 1510 g/mol. The highest BCUT2D eigenvalue weighted by molar-refractivity contribution is 6.67. The summed E-state index contributed by atoms with van der Waals surface area (Å²) in [5.41, 5.74) is 3.74. The number of nitro groups is 2. The van der Waals surface area contributed by atoms with Crippen LogP contribution in [0.3, 0.4) is 0 Å². The first-order chi connectivity index (χ1) is 49.6. The third-order valence-corrected chi connectivity index (χ3v) is 14.7. The van der Waals surface area contributed by atoms with Gasteiger partial charge in [-0.2, -0.15) is 52.7 Å². The van der Waals surface area contributed by atoms with Crippen LogP contribution in [0, 0.1) is 27.2 Å². The number of alkyl halides is 15. The molecule has 38 heteroatoms. The third-order valence-electron chi connectivity index (χ3n) is 14.5. The number of pyridine rings is 2. The number of amides is 1. The van der Waals surface area contributed by atoms with Crippen LogP contribution >= 0.6 is 47.2 Å². The van der Waals surface area contributed by atoms with Gasteiger partial charge in [0.05, 0.1) is 108 Å². The maximum Gasteiger partial charge on any atom is 0.416 e. The van der Waals surface area contributed by atoms with Crippen molar-refractivity contribution in [2.45, 2.75) is 71.7 Å². The lowest BCUT2D eigenvalue weighted by atomic mass is 10.1. The van der Waals surface area contributed by atoms with E-state index in [2.05, 4.69) is 41.0 Å². The number of nitrogens with one attached hydrogen (secondary N) is 1. The SMILES string of the molecule is C1CCOCC1.CCN(CC)CC.CO.Cc1ccc(C(F)(F)F)cc1[N+](=O)[O-].Cl.ClCCl.Nc1cc(C(F)(F)F)ccc1N1CCOCC1.O=C(Cl)c1ccncc1.O=C(Nc1cc(C(F)(F)F)ccc1N1CCOCC1)c1ccncc1.O=[N+]([O-])c1cc(C(F)(F)F)ccc1N1CCOCC1.[2H]CF. The number of halogens is 17. The summed E-state index contributed by atoms with van der Waals surface area (Å²) in [7, 11) is 0. The van der Waals surface area contributed by atoms with E-state index < -0.39 is 86.5 Å². The second-order valence-electron chi connectivity index (χ2n) is 21.1. The van der Waals surface area contributed by atoms with E-state index in [1.165, 1.54) is 94.9 Å². The predicted octanol–water partition coefficient (Wildman–Crippen LogP) is 16.7. The zero-order chi connectivity index (χ0) is 79.3. The van der Waals surface area contributed by atoms with Crippen LogP contribution < -0.4 is 25.8 Å². The number of benzene rings is 4. The fourth-order valence-corrected chi connectivity index (χ4v) is 9.28. The average Bonchev–Trinajstić information content (AvgIpc) is 0.816. The molecule has 4 N–H and O–H groups in total. The fourth-order valence-electron chi connectivity index (χ4n) is 9.15. The van der Waals surface area contributed by atoms with E-state index in [1.54, 1.807) is 17.0 Å². The van der Waals surface area contributed by atoms with Gasteiger partial charge < -0.3 is 54.7 Å². The highest BCUT2D eigenvalue weighted by Crippen LogP contribution is 2.39. The molecule has 4 aliphatic rings.